The summed E-state index contributed by atoms with van der Waals surface area (Å²) in [5.41, 5.74) is 6.39. The molecule has 3 aliphatic heterocycles. The molecule has 0 bridgehead atoms. The van der Waals surface area contributed by atoms with Crippen molar-refractivity contribution in [2.75, 3.05) is 24.5 Å². The lowest BCUT2D eigenvalue weighted by atomic mass is 9.86. The fourth-order valence-corrected chi connectivity index (χ4v) is 5.55. The second-order valence-electron chi connectivity index (χ2n) is 9.96. The molecule has 0 N–H and O–H groups in total. The van der Waals surface area contributed by atoms with Gasteiger partial charge in [0.15, 0.2) is 6.29 Å². The molecule has 2 aromatic carbocycles. The molecule has 162 valence electrons. The number of carbonyl (C=O) groups excluding carboxylic acids is 2. The van der Waals surface area contributed by atoms with E-state index < -0.39 is 5.60 Å². The molecule has 0 radical (unpaired) electrons. The molecule has 0 unspecified atom stereocenters. The number of benzene rings is 2. The topological polar surface area (TPSA) is 49.9 Å². The summed E-state index contributed by atoms with van der Waals surface area (Å²) in [6, 6.07) is 12.8. The first-order valence-electron chi connectivity index (χ1n) is 11.3. The summed E-state index contributed by atoms with van der Waals surface area (Å²) in [6.07, 6.45) is 3.88. The monoisotopic (exact) mass is 418 g/mol. The standard InChI is InChI=1S/C26H30N2O3/c1-26(2,3)31-25(30)27-12-10-23-22(15-27)21-14-19(20-9-5-4-7-18(20)16-29)13-17-8-6-11-28(23)24(17)21/h4-5,7,9,13-14,16,22-23H,6,8,10-12,15H2,1-3H3/t22-,23-/m0/s1. The summed E-state index contributed by atoms with van der Waals surface area (Å²) in [5, 5.41) is 0. The average Bonchev–Trinajstić information content (AvgIpc) is 3.07. The highest BCUT2D eigenvalue weighted by atomic mass is 16.6. The number of rotatable bonds is 2. The molecule has 5 heteroatoms. The zero-order valence-corrected chi connectivity index (χ0v) is 18.6. The van der Waals surface area contributed by atoms with E-state index in [2.05, 4.69) is 17.0 Å². The Morgan fingerprint density at radius 2 is 1.97 bits per heavy atom. The van der Waals surface area contributed by atoms with Crippen LogP contribution in [-0.4, -0.2) is 48.6 Å². The number of fused-ring (bicyclic) bond motifs is 3. The number of amides is 1. The first-order valence-corrected chi connectivity index (χ1v) is 11.3. The van der Waals surface area contributed by atoms with Crippen LogP contribution in [0.15, 0.2) is 36.4 Å². The van der Waals surface area contributed by atoms with Crippen LogP contribution in [-0.2, 0) is 11.2 Å². The van der Waals surface area contributed by atoms with Crippen LogP contribution < -0.4 is 4.90 Å². The third kappa shape index (κ3) is 3.50. The maximum atomic E-state index is 12.8. The van der Waals surface area contributed by atoms with E-state index in [1.54, 1.807) is 0 Å². The van der Waals surface area contributed by atoms with Crippen LogP contribution in [0.4, 0.5) is 10.5 Å². The lowest BCUT2D eigenvalue weighted by Crippen LogP contribution is -2.49. The van der Waals surface area contributed by atoms with E-state index in [0.29, 0.717) is 12.6 Å². The maximum absolute atomic E-state index is 12.8. The SMILES string of the molecule is CC(C)(C)OC(=O)N1CC[C@H]2[C@@H](C1)c1cc(-c3ccccc3C=O)cc3c1N2CCC3. The van der Waals surface area contributed by atoms with E-state index in [0.717, 1.165) is 55.3 Å². The van der Waals surface area contributed by atoms with Gasteiger partial charge in [0.2, 0.25) is 0 Å². The normalized spacial score (nSPS) is 22.0. The van der Waals surface area contributed by atoms with Crippen molar-refractivity contribution in [1.82, 2.24) is 4.90 Å². The highest BCUT2D eigenvalue weighted by Gasteiger charge is 2.45. The fraction of sp³-hybridized carbons (Fsp3) is 0.462. The Morgan fingerprint density at radius 1 is 1.16 bits per heavy atom. The first-order chi connectivity index (χ1) is 14.9. The van der Waals surface area contributed by atoms with Gasteiger partial charge >= 0.3 is 6.09 Å². The van der Waals surface area contributed by atoms with Gasteiger partial charge in [-0.1, -0.05) is 24.3 Å². The number of nitrogens with zero attached hydrogens (tertiary/aromatic N) is 2. The molecule has 5 rings (SSSR count). The summed E-state index contributed by atoms with van der Waals surface area (Å²) in [5.74, 6) is 0.275. The van der Waals surface area contributed by atoms with Crippen molar-refractivity contribution >= 4 is 18.1 Å². The summed E-state index contributed by atoms with van der Waals surface area (Å²) in [4.78, 5) is 28.9. The fourth-order valence-electron chi connectivity index (χ4n) is 5.55. The lowest BCUT2D eigenvalue weighted by molar-refractivity contribution is 0.0189. The summed E-state index contributed by atoms with van der Waals surface area (Å²) >= 11 is 0. The van der Waals surface area contributed by atoms with Crippen LogP contribution in [0.25, 0.3) is 11.1 Å². The van der Waals surface area contributed by atoms with Crippen LogP contribution >= 0.6 is 0 Å². The number of anilines is 1. The zero-order valence-electron chi connectivity index (χ0n) is 18.6. The molecule has 2 aromatic rings. The largest absolute Gasteiger partial charge is 0.444 e. The Morgan fingerprint density at radius 3 is 2.74 bits per heavy atom. The number of likely N-dealkylation sites (tertiary alicyclic amines) is 1. The molecule has 3 aliphatic rings. The minimum absolute atomic E-state index is 0.219. The number of ether oxygens (including phenoxy) is 1. The van der Waals surface area contributed by atoms with E-state index in [1.165, 1.54) is 16.8 Å². The molecule has 2 atom stereocenters. The molecule has 1 amide bonds. The van der Waals surface area contributed by atoms with Gasteiger partial charge in [0.05, 0.1) is 0 Å². The van der Waals surface area contributed by atoms with Crippen molar-refractivity contribution < 1.29 is 14.3 Å². The van der Waals surface area contributed by atoms with Crippen molar-refractivity contribution in [2.24, 2.45) is 0 Å². The smallest absolute Gasteiger partial charge is 0.410 e. The van der Waals surface area contributed by atoms with Crippen LogP contribution in [0.2, 0.25) is 0 Å². The first kappa shape index (κ1) is 20.1. The molecule has 0 spiro atoms. The second-order valence-corrected chi connectivity index (χ2v) is 9.96. The van der Waals surface area contributed by atoms with E-state index in [4.69, 9.17) is 4.74 Å². The van der Waals surface area contributed by atoms with Crippen LogP contribution in [0.1, 0.15) is 61.0 Å². The Hall–Kier alpha value is -2.82. The van der Waals surface area contributed by atoms with Gasteiger partial charge in [0.1, 0.15) is 5.60 Å². The molecule has 31 heavy (non-hydrogen) atoms. The predicted octanol–water partition coefficient (Wildman–Crippen LogP) is 5.03. The van der Waals surface area contributed by atoms with Crippen LogP contribution in [0, 0.1) is 0 Å². The average molecular weight is 419 g/mol. The number of piperidine rings is 1. The lowest BCUT2D eigenvalue weighted by Gasteiger charge is -2.40. The highest BCUT2D eigenvalue weighted by Crippen LogP contribution is 2.50. The summed E-state index contributed by atoms with van der Waals surface area (Å²) < 4.78 is 5.66. The number of aryl methyl sites for hydroxylation is 1. The van der Waals surface area contributed by atoms with Crippen LogP contribution in [0.5, 0.6) is 0 Å². The number of hydrogen-bond acceptors (Lipinski definition) is 4. The third-order valence-corrected chi connectivity index (χ3v) is 6.78. The van der Waals surface area contributed by atoms with Gasteiger partial charge in [0, 0.05) is 42.8 Å². The zero-order chi connectivity index (χ0) is 21.8. The second kappa shape index (κ2) is 7.40. The summed E-state index contributed by atoms with van der Waals surface area (Å²) in [6.45, 7) is 8.23. The molecule has 1 saturated heterocycles. The van der Waals surface area contributed by atoms with E-state index in [1.807, 2.05) is 49.9 Å². The molecule has 1 fully saturated rings. The molecule has 5 nitrogen and oxygen atoms in total. The Balaban J connectivity index is 1.54. The van der Waals surface area contributed by atoms with Crippen molar-refractivity contribution in [1.29, 1.82) is 0 Å². The van der Waals surface area contributed by atoms with Crippen molar-refractivity contribution in [2.45, 2.75) is 57.6 Å². The molecular weight excluding hydrogens is 388 g/mol. The number of hydrogen-bond donors (Lipinski definition) is 0. The highest BCUT2D eigenvalue weighted by molar-refractivity contribution is 5.89. The quantitative estimate of drug-likeness (QED) is 0.642. The van der Waals surface area contributed by atoms with Gasteiger partial charge in [-0.05, 0) is 74.4 Å². The van der Waals surface area contributed by atoms with Gasteiger partial charge in [0.25, 0.3) is 0 Å². The Kier molecular flexibility index (Phi) is 4.80. The minimum Gasteiger partial charge on any atom is -0.444 e. The van der Waals surface area contributed by atoms with Gasteiger partial charge in [-0.25, -0.2) is 4.79 Å². The molecular formula is C26H30N2O3. The Bertz CT molecular complexity index is 1040. The van der Waals surface area contributed by atoms with Crippen molar-refractivity contribution in [3.05, 3.63) is 53.1 Å². The predicted molar refractivity (Wildman–Crippen MR) is 122 cm³/mol. The third-order valence-electron chi connectivity index (χ3n) is 6.78. The Labute approximate surface area is 184 Å². The maximum Gasteiger partial charge on any atom is 0.410 e. The van der Waals surface area contributed by atoms with Gasteiger partial charge in [-0.2, -0.15) is 0 Å². The molecule has 0 aromatic heterocycles. The van der Waals surface area contributed by atoms with E-state index >= 15 is 0 Å². The van der Waals surface area contributed by atoms with E-state index in [9.17, 15) is 9.59 Å². The molecule has 0 aliphatic carbocycles. The molecule has 0 saturated carbocycles. The van der Waals surface area contributed by atoms with Crippen molar-refractivity contribution in [3.8, 4) is 11.1 Å². The summed E-state index contributed by atoms with van der Waals surface area (Å²) in [7, 11) is 0. The van der Waals surface area contributed by atoms with Crippen molar-refractivity contribution in [3.63, 3.8) is 0 Å². The minimum atomic E-state index is -0.491. The number of carbonyl (C=O) groups is 2. The van der Waals surface area contributed by atoms with E-state index in [-0.39, 0.29) is 12.0 Å². The number of aldehydes is 1. The molecule has 3 heterocycles. The van der Waals surface area contributed by atoms with Crippen LogP contribution in [0.3, 0.4) is 0 Å². The van der Waals surface area contributed by atoms with Gasteiger partial charge < -0.3 is 14.5 Å². The van der Waals surface area contributed by atoms with Gasteiger partial charge in [-0.15, -0.1) is 0 Å². The van der Waals surface area contributed by atoms with Gasteiger partial charge in [-0.3, -0.25) is 4.79 Å².